The molecule has 2 rings (SSSR count). The zero-order valence-electron chi connectivity index (χ0n) is 19.4. The van der Waals surface area contributed by atoms with Crippen molar-refractivity contribution in [2.75, 3.05) is 19.5 Å². The molecule has 2 aromatic carbocycles. The lowest BCUT2D eigenvalue weighted by Crippen LogP contribution is -2.56. The lowest BCUT2D eigenvalue weighted by atomic mass is 10.1. The largest absolute Gasteiger partial charge is 0.493 e. The number of hydrogen-bond donors (Lipinski definition) is 3. The van der Waals surface area contributed by atoms with Crippen molar-refractivity contribution in [2.45, 2.75) is 49.0 Å². The van der Waals surface area contributed by atoms with E-state index in [0.29, 0.717) is 17.1 Å². The lowest BCUT2D eigenvalue weighted by molar-refractivity contribution is 0.0934. The first-order valence-electron chi connectivity index (χ1n) is 10.9. The van der Waals surface area contributed by atoms with E-state index in [2.05, 4.69) is 35.0 Å². The number of amides is 1. The number of thiocarbonyl (C=S) groups is 1. The molecule has 3 N–H and O–H groups in total. The number of anilines is 1. The average Bonchev–Trinajstić information content (AvgIpc) is 2.81. The van der Waals surface area contributed by atoms with E-state index in [1.54, 1.807) is 12.1 Å². The Bertz CT molecular complexity index is 953. The number of aryl methyl sites for hydroxylation is 1. The van der Waals surface area contributed by atoms with Crippen molar-refractivity contribution in [1.82, 2.24) is 10.6 Å². The number of carbonyl (C=O) groups is 1. The van der Waals surface area contributed by atoms with Crippen LogP contribution >= 0.6 is 47.0 Å². The van der Waals surface area contributed by atoms with Crippen LogP contribution in [0.5, 0.6) is 11.5 Å². The van der Waals surface area contributed by atoms with Crippen molar-refractivity contribution in [1.29, 1.82) is 0 Å². The van der Waals surface area contributed by atoms with Gasteiger partial charge in [0.25, 0.3) is 5.91 Å². The Morgan fingerprint density at radius 2 is 1.65 bits per heavy atom. The lowest BCUT2D eigenvalue weighted by Gasteiger charge is -2.28. The van der Waals surface area contributed by atoms with E-state index in [0.717, 1.165) is 12.1 Å². The minimum Gasteiger partial charge on any atom is -0.493 e. The Balaban J connectivity index is 1.99. The number of ether oxygens (including phenoxy) is 2. The van der Waals surface area contributed by atoms with Gasteiger partial charge in [-0.2, -0.15) is 0 Å². The third kappa shape index (κ3) is 9.02. The second kappa shape index (κ2) is 13.8. The van der Waals surface area contributed by atoms with E-state index < -0.39 is 15.9 Å². The topological polar surface area (TPSA) is 71.6 Å². The predicted octanol–water partition coefficient (Wildman–Crippen LogP) is 6.24. The first-order chi connectivity index (χ1) is 16.2. The molecule has 0 heterocycles. The van der Waals surface area contributed by atoms with Crippen molar-refractivity contribution in [3.8, 4) is 11.5 Å². The summed E-state index contributed by atoms with van der Waals surface area (Å²) >= 11 is 23.7. The SMILES string of the molecule is CCCCCCc1ccc(NC(=S)N[C@@H](NC(=O)c2ccc(OC)c(OC)c2)C(Cl)(Cl)Cl)cc1. The van der Waals surface area contributed by atoms with Crippen LogP contribution in [0.3, 0.4) is 0 Å². The first-order valence-corrected chi connectivity index (χ1v) is 12.5. The van der Waals surface area contributed by atoms with Crippen LogP contribution in [-0.4, -0.2) is 35.2 Å². The van der Waals surface area contributed by atoms with E-state index in [1.165, 1.54) is 51.5 Å². The fourth-order valence-corrected chi connectivity index (χ4v) is 3.76. The number of hydrogen-bond acceptors (Lipinski definition) is 4. The normalized spacial score (nSPS) is 11.9. The third-order valence-electron chi connectivity index (χ3n) is 5.05. The second-order valence-corrected chi connectivity index (χ2v) is 10.4. The third-order valence-corrected chi connectivity index (χ3v) is 5.93. The molecule has 10 heteroatoms. The molecule has 0 aromatic heterocycles. The van der Waals surface area contributed by atoms with Crippen molar-refractivity contribution >= 4 is 63.7 Å². The van der Waals surface area contributed by atoms with Crippen LogP contribution < -0.4 is 25.4 Å². The van der Waals surface area contributed by atoms with Gasteiger partial charge in [0.2, 0.25) is 3.79 Å². The van der Waals surface area contributed by atoms with Crippen LogP contribution in [0.15, 0.2) is 42.5 Å². The molecule has 0 saturated heterocycles. The standard InChI is InChI=1S/C24H30Cl3N3O3S/c1-4-5-6-7-8-16-9-12-18(13-10-16)28-23(34)30-22(24(25,26)27)29-21(31)17-11-14-19(32-2)20(15-17)33-3/h9-15,22H,4-8H2,1-3H3,(H,29,31)(H2,28,30,34)/t22-/m1/s1. The zero-order valence-corrected chi connectivity index (χ0v) is 22.5. The molecule has 0 unspecified atom stereocenters. The minimum atomic E-state index is -1.87. The molecule has 0 bridgehead atoms. The van der Waals surface area contributed by atoms with Gasteiger partial charge >= 0.3 is 0 Å². The summed E-state index contributed by atoms with van der Waals surface area (Å²) in [6.45, 7) is 2.20. The van der Waals surface area contributed by atoms with Crippen molar-refractivity contribution < 1.29 is 14.3 Å². The van der Waals surface area contributed by atoms with Crippen LogP contribution in [0.4, 0.5) is 5.69 Å². The highest BCUT2D eigenvalue weighted by Crippen LogP contribution is 2.30. The molecule has 186 valence electrons. The highest BCUT2D eigenvalue weighted by atomic mass is 35.6. The van der Waals surface area contributed by atoms with E-state index in [1.807, 2.05) is 12.1 Å². The zero-order chi connectivity index (χ0) is 25.1. The number of alkyl halides is 3. The number of halogens is 3. The van der Waals surface area contributed by atoms with Crippen molar-refractivity contribution in [3.05, 3.63) is 53.6 Å². The number of benzene rings is 2. The molecule has 0 aliphatic rings. The molecule has 0 radical (unpaired) electrons. The van der Waals surface area contributed by atoms with Gasteiger partial charge in [-0.3, -0.25) is 4.79 Å². The highest BCUT2D eigenvalue weighted by molar-refractivity contribution is 7.80. The fraction of sp³-hybridized carbons (Fsp3) is 0.417. The smallest absolute Gasteiger partial charge is 0.253 e. The van der Waals surface area contributed by atoms with Gasteiger partial charge in [0.15, 0.2) is 16.6 Å². The number of carbonyl (C=O) groups excluding carboxylic acids is 1. The van der Waals surface area contributed by atoms with Crippen LogP contribution in [-0.2, 0) is 6.42 Å². The fourth-order valence-electron chi connectivity index (χ4n) is 3.20. The van der Waals surface area contributed by atoms with Gasteiger partial charge < -0.3 is 25.4 Å². The maximum absolute atomic E-state index is 12.8. The van der Waals surface area contributed by atoms with Crippen LogP contribution in [0.1, 0.15) is 48.5 Å². The van der Waals surface area contributed by atoms with Crippen molar-refractivity contribution in [2.24, 2.45) is 0 Å². The molecule has 0 saturated carbocycles. The maximum Gasteiger partial charge on any atom is 0.253 e. The van der Waals surface area contributed by atoms with E-state index in [9.17, 15) is 4.79 Å². The molecule has 0 aliphatic heterocycles. The first kappa shape index (κ1) is 28.3. The van der Waals surface area contributed by atoms with Gasteiger partial charge in [0, 0.05) is 11.3 Å². The predicted molar refractivity (Wildman–Crippen MR) is 145 cm³/mol. The van der Waals surface area contributed by atoms with E-state index in [4.69, 9.17) is 56.5 Å². The molecule has 0 aliphatic carbocycles. The summed E-state index contributed by atoms with van der Waals surface area (Å²) in [5, 5.41) is 8.75. The van der Waals surface area contributed by atoms with E-state index in [-0.39, 0.29) is 5.11 Å². The number of rotatable bonds is 11. The monoisotopic (exact) mass is 545 g/mol. The summed E-state index contributed by atoms with van der Waals surface area (Å²) < 4.78 is 8.56. The van der Waals surface area contributed by atoms with Gasteiger partial charge in [0.1, 0.15) is 6.17 Å². The molecule has 1 amide bonds. The maximum atomic E-state index is 12.8. The molecule has 0 fully saturated rings. The summed E-state index contributed by atoms with van der Waals surface area (Å²) in [5.74, 6) is 0.409. The van der Waals surface area contributed by atoms with Gasteiger partial charge in [-0.1, -0.05) is 73.1 Å². The Labute approximate surface area is 221 Å². The molecule has 34 heavy (non-hydrogen) atoms. The van der Waals surface area contributed by atoms with Gasteiger partial charge in [0.05, 0.1) is 14.2 Å². The Morgan fingerprint density at radius 1 is 0.971 bits per heavy atom. The number of nitrogens with one attached hydrogen (secondary N) is 3. The minimum absolute atomic E-state index is 0.194. The molecule has 1 atom stereocenters. The number of methoxy groups -OCH3 is 2. The molecule has 6 nitrogen and oxygen atoms in total. The summed E-state index contributed by atoms with van der Waals surface area (Å²) in [6.07, 6.45) is 4.82. The Morgan fingerprint density at radius 3 is 2.24 bits per heavy atom. The second-order valence-electron chi connectivity index (χ2n) is 7.62. The molecular weight excluding hydrogens is 517 g/mol. The Kier molecular flexibility index (Phi) is 11.5. The van der Waals surface area contributed by atoms with Gasteiger partial charge in [-0.25, -0.2) is 0 Å². The van der Waals surface area contributed by atoms with Crippen molar-refractivity contribution in [3.63, 3.8) is 0 Å². The summed E-state index contributed by atoms with van der Waals surface area (Å²) in [5.41, 5.74) is 2.35. The highest BCUT2D eigenvalue weighted by Gasteiger charge is 2.35. The van der Waals surface area contributed by atoms with Gasteiger partial charge in [-0.05, 0) is 61.0 Å². The average molecular weight is 547 g/mol. The quantitative estimate of drug-likeness (QED) is 0.134. The Hall–Kier alpha value is -1.93. The van der Waals surface area contributed by atoms with E-state index >= 15 is 0 Å². The summed E-state index contributed by atoms with van der Waals surface area (Å²) in [6, 6.07) is 12.7. The van der Waals surface area contributed by atoms with Crippen LogP contribution in [0.2, 0.25) is 0 Å². The molecule has 2 aromatic rings. The summed E-state index contributed by atoms with van der Waals surface area (Å²) in [7, 11) is 2.99. The number of unbranched alkanes of at least 4 members (excludes halogenated alkanes) is 3. The summed E-state index contributed by atoms with van der Waals surface area (Å²) in [4.78, 5) is 12.8. The molecular formula is C24H30Cl3N3O3S. The van der Waals surface area contributed by atoms with Gasteiger partial charge in [-0.15, -0.1) is 0 Å². The van der Waals surface area contributed by atoms with Crippen LogP contribution in [0, 0.1) is 0 Å². The van der Waals surface area contributed by atoms with Crippen LogP contribution in [0.25, 0.3) is 0 Å². The molecule has 0 spiro atoms.